The second-order valence-electron chi connectivity index (χ2n) is 4.43. The Balaban J connectivity index is 2.41. The minimum Gasteiger partial charge on any atom is -0.545 e. The van der Waals surface area contributed by atoms with E-state index in [1.807, 2.05) is 0 Å². The van der Waals surface area contributed by atoms with Gasteiger partial charge in [0.1, 0.15) is 11.3 Å². The Bertz CT molecular complexity index is 738. The zero-order valence-corrected chi connectivity index (χ0v) is 11.9. The number of methoxy groups -OCH3 is 1. The Morgan fingerprint density at radius 2 is 1.78 bits per heavy atom. The molecule has 0 aromatic heterocycles. The van der Waals surface area contributed by atoms with Gasteiger partial charge in [-0.1, -0.05) is 12.1 Å². The number of aromatic carboxylic acids is 1. The van der Waals surface area contributed by atoms with Crippen LogP contribution in [0.3, 0.4) is 0 Å². The average molecular weight is 315 g/mol. The first kappa shape index (κ1) is 16.0. The number of amides is 1. The average Bonchev–Trinajstić information content (AvgIpc) is 2.54. The van der Waals surface area contributed by atoms with Crippen LogP contribution in [0.4, 0.5) is 11.4 Å². The lowest BCUT2D eigenvalue weighted by Crippen LogP contribution is -2.27. The Labute approximate surface area is 130 Å². The number of ether oxygens (including phenoxy) is 1. The van der Waals surface area contributed by atoms with Crippen LogP contribution in [-0.2, 0) is 0 Å². The van der Waals surface area contributed by atoms with E-state index in [0.717, 1.165) is 12.1 Å². The van der Waals surface area contributed by atoms with Gasteiger partial charge in [-0.25, -0.2) is 0 Å². The summed E-state index contributed by atoms with van der Waals surface area (Å²) in [5, 5.41) is 24.5. The first-order valence-electron chi connectivity index (χ1n) is 6.38. The van der Waals surface area contributed by atoms with Crippen LogP contribution in [0, 0.1) is 10.1 Å². The minimum atomic E-state index is -1.67. The molecule has 8 nitrogen and oxygen atoms in total. The van der Waals surface area contributed by atoms with Crippen molar-refractivity contribution < 1.29 is 24.4 Å². The molecule has 2 rings (SSSR count). The Hall–Kier alpha value is -3.42. The number of anilines is 1. The molecule has 2 aromatic rings. The molecule has 0 heterocycles. The summed E-state index contributed by atoms with van der Waals surface area (Å²) in [6, 6.07) is 9.49. The number of carbonyl (C=O) groups is 2. The monoisotopic (exact) mass is 315 g/mol. The number of nitro benzene ring substituents is 1. The van der Waals surface area contributed by atoms with Crippen molar-refractivity contribution in [2.45, 2.75) is 0 Å². The molecule has 1 N–H and O–H groups in total. The second-order valence-corrected chi connectivity index (χ2v) is 4.43. The molecular formula is C15H11N2O6-. The van der Waals surface area contributed by atoms with Crippen molar-refractivity contribution in [1.82, 2.24) is 0 Å². The highest BCUT2D eigenvalue weighted by molar-refractivity contribution is 6.13. The lowest BCUT2D eigenvalue weighted by molar-refractivity contribution is -0.385. The number of carboxylic acids is 1. The number of nitrogens with one attached hydrogen (secondary N) is 1. The van der Waals surface area contributed by atoms with E-state index in [1.165, 1.54) is 25.3 Å². The molecule has 0 atom stereocenters. The fourth-order valence-electron chi connectivity index (χ4n) is 1.97. The molecule has 0 aliphatic rings. The maximum Gasteiger partial charge on any atom is 0.282 e. The third-order valence-corrected chi connectivity index (χ3v) is 3.03. The molecule has 0 fully saturated rings. The van der Waals surface area contributed by atoms with E-state index < -0.39 is 33.6 Å². The molecule has 118 valence electrons. The topological polar surface area (TPSA) is 122 Å². The molecule has 0 aliphatic carbocycles. The normalized spacial score (nSPS) is 9.96. The van der Waals surface area contributed by atoms with E-state index in [0.29, 0.717) is 11.4 Å². The van der Waals surface area contributed by atoms with E-state index in [2.05, 4.69) is 5.32 Å². The van der Waals surface area contributed by atoms with E-state index >= 15 is 0 Å². The number of hydrogen-bond acceptors (Lipinski definition) is 6. The highest BCUT2D eigenvalue weighted by atomic mass is 16.6. The lowest BCUT2D eigenvalue weighted by Gasteiger charge is -2.11. The number of carbonyl (C=O) groups excluding carboxylic acids is 2. The number of nitrogens with zero attached hydrogens (tertiary/aromatic N) is 1. The number of rotatable bonds is 5. The molecule has 23 heavy (non-hydrogen) atoms. The molecule has 0 saturated heterocycles. The van der Waals surface area contributed by atoms with Gasteiger partial charge in [-0.2, -0.15) is 0 Å². The van der Waals surface area contributed by atoms with E-state index in [1.54, 1.807) is 12.1 Å². The van der Waals surface area contributed by atoms with Gasteiger partial charge in [-0.15, -0.1) is 0 Å². The molecule has 8 heteroatoms. The van der Waals surface area contributed by atoms with Crippen LogP contribution in [0.2, 0.25) is 0 Å². The van der Waals surface area contributed by atoms with Gasteiger partial charge in [0.25, 0.3) is 11.6 Å². The van der Waals surface area contributed by atoms with E-state index in [9.17, 15) is 24.8 Å². The van der Waals surface area contributed by atoms with Gasteiger partial charge >= 0.3 is 0 Å². The van der Waals surface area contributed by atoms with Crippen molar-refractivity contribution in [1.29, 1.82) is 0 Å². The summed E-state index contributed by atoms with van der Waals surface area (Å²) in [4.78, 5) is 33.6. The summed E-state index contributed by atoms with van der Waals surface area (Å²) in [6.07, 6.45) is 0. The van der Waals surface area contributed by atoms with Gasteiger partial charge < -0.3 is 20.0 Å². The van der Waals surface area contributed by atoms with Gasteiger partial charge in [-0.3, -0.25) is 14.9 Å². The van der Waals surface area contributed by atoms with Crippen molar-refractivity contribution in [3.8, 4) is 5.75 Å². The first-order chi connectivity index (χ1) is 10.9. The van der Waals surface area contributed by atoms with Gasteiger partial charge in [0.2, 0.25) is 0 Å². The third kappa shape index (κ3) is 3.43. The molecule has 0 radical (unpaired) electrons. The molecule has 1 amide bonds. The summed E-state index contributed by atoms with van der Waals surface area (Å²) in [5.74, 6) is -2.03. The standard InChI is InChI=1S/C15H12N2O6/c1-23-10-7-5-9(6-8-10)16-14(18)13-11(15(19)20)3-2-4-12(13)17(21)22/h2-8H,1H3,(H,16,18)(H,19,20)/p-1. The van der Waals surface area contributed by atoms with Crippen LogP contribution in [0.25, 0.3) is 0 Å². The molecule has 2 aromatic carbocycles. The Morgan fingerprint density at radius 1 is 1.13 bits per heavy atom. The Morgan fingerprint density at radius 3 is 2.30 bits per heavy atom. The SMILES string of the molecule is COc1ccc(NC(=O)c2c(C(=O)[O-])cccc2[N+](=O)[O-])cc1. The predicted octanol–water partition coefficient (Wildman–Crippen LogP) is 1.22. The van der Waals surface area contributed by atoms with Gasteiger partial charge in [0, 0.05) is 17.3 Å². The zero-order chi connectivity index (χ0) is 17.0. The van der Waals surface area contributed by atoms with Crippen molar-refractivity contribution in [2.75, 3.05) is 12.4 Å². The number of carboxylic acid groups (broad SMARTS) is 1. The fourth-order valence-corrected chi connectivity index (χ4v) is 1.97. The summed E-state index contributed by atoms with van der Waals surface area (Å²) in [7, 11) is 1.48. The molecule has 0 saturated carbocycles. The van der Waals surface area contributed by atoms with E-state index in [-0.39, 0.29) is 0 Å². The second kappa shape index (κ2) is 6.56. The van der Waals surface area contributed by atoms with Gasteiger partial charge in [0.15, 0.2) is 0 Å². The van der Waals surface area contributed by atoms with Gasteiger partial charge in [-0.05, 0) is 24.3 Å². The lowest BCUT2D eigenvalue weighted by atomic mass is 10.0. The number of nitro groups is 1. The highest BCUT2D eigenvalue weighted by Gasteiger charge is 2.24. The maximum atomic E-state index is 12.3. The molecule has 0 spiro atoms. The summed E-state index contributed by atoms with van der Waals surface area (Å²) in [6.45, 7) is 0. The van der Waals surface area contributed by atoms with Crippen molar-refractivity contribution in [3.63, 3.8) is 0 Å². The summed E-state index contributed by atoms with van der Waals surface area (Å²) >= 11 is 0. The fraction of sp³-hybridized carbons (Fsp3) is 0.0667. The smallest absolute Gasteiger partial charge is 0.282 e. The zero-order valence-electron chi connectivity index (χ0n) is 11.9. The van der Waals surface area contributed by atoms with E-state index in [4.69, 9.17) is 4.74 Å². The quantitative estimate of drug-likeness (QED) is 0.654. The molecule has 0 bridgehead atoms. The van der Waals surface area contributed by atoms with Crippen LogP contribution < -0.4 is 15.2 Å². The van der Waals surface area contributed by atoms with Crippen LogP contribution in [0.5, 0.6) is 5.75 Å². The summed E-state index contributed by atoms with van der Waals surface area (Å²) in [5.41, 5.74) is -1.39. The third-order valence-electron chi connectivity index (χ3n) is 3.03. The summed E-state index contributed by atoms with van der Waals surface area (Å²) < 4.78 is 4.97. The van der Waals surface area contributed by atoms with Crippen LogP contribution in [0.1, 0.15) is 20.7 Å². The Kier molecular flexibility index (Phi) is 4.55. The molecule has 0 unspecified atom stereocenters. The number of benzene rings is 2. The van der Waals surface area contributed by atoms with Crippen molar-refractivity contribution in [3.05, 3.63) is 63.7 Å². The van der Waals surface area contributed by atoms with Crippen molar-refractivity contribution in [2.24, 2.45) is 0 Å². The predicted molar refractivity (Wildman–Crippen MR) is 78.4 cm³/mol. The maximum absolute atomic E-state index is 12.3. The minimum absolute atomic E-state index is 0.332. The number of hydrogen-bond donors (Lipinski definition) is 1. The first-order valence-corrected chi connectivity index (χ1v) is 6.38. The van der Waals surface area contributed by atoms with Crippen LogP contribution in [-0.4, -0.2) is 23.9 Å². The largest absolute Gasteiger partial charge is 0.545 e. The van der Waals surface area contributed by atoms with Crippen LogP contribution >= 0.6 is 0 Å². The van der Waals surface area contributed by atoms with Crippen LogP contribution in [0.15, 0.2) is 42.5 Å². The molecule has 0 aliphatic heterocycles. The van der Waals surface area contributed by atoms with Crippen molar-refractivity contribution >= 4 is 23.3 Å². The molecular weight excluding hydrogens is 304 g/mol. The van der Waals surface area contributed by atoms with Gasteiger partial charge in [0.05, 0.1) is 18.0 Å². The highest BCUT2D eigenvalue weighted by Crippen LogP contribution is 2.24.